The SMILES string of the molecule is CCc1nn(C[C@@H](C)N)c(CC)c1S(=O)(=O)c1ccc(-n2c(O)cc(C)c2O)cc1. The average molecular weight is 433 g/mol. The van der Waals surface area contributed by atoms with Crippen LogP contribution in [0.2, 0.25) is 0 Å². The summed E-state index contributed by atoms with van der Waals surface area (Å²) in [5.74, 6) is -0.221. The Morgan fingerprint density at radius 1 is 1.13 bits per heavy atom. The summed E-state index contributed by atoms with van der Waals surface area (Å²) in [5, 5.41) is 24.7. The van der Waals surface area contributed by atoms with Crippen LogP contribution in [-0.4, -0.2) is 39.0 Å². The molecule has 0 aliphatic heterocycles. The summed E-state index contributed by atoms with van der Waals surface area (Å²) in [6.07, 6.45) is 0.993. The summed E-state index contributed by atoms with van der Waals surface area (Å²) in [6.45, 7) is 7.74. The van der Waals surface area contributed by atoms with Gasteiger partial charge < -0.3 is 15.9 Å². The van der Waals surface area contributed by atoms with E-state index in [9.17, 15) is 18.6 Å². The highest BCUT2D eigenvalue weighted by atomic mass is 32.2. The molecule has 2 heterocycles. The quantitative estimate of drug-likeness (QED) is 0.527. The van der Waals surface area contributed by atoms with Crippen molar-refractivity contribution in [1.29, 1.82) is 0 Å². The largest absolute Gasteiger partial charge is 0.494 e. The summed E-state index contributed by atoms with van der Waals surface area (Å²) in [6, 6.07) is 7.33. The zero-order valence-corrected chi connectivity index (χ0v) is 18.4. The van der Waals surface area contributed by atoms with Crippen LogP contribution < -0.4 is 5.73 Å². The fraction of sp³-hybridized carbons (Fsp3) is 0.381. The fourth-order valence-electron chi connectivity index (χ4n) is 3.60. The van der Waals surface area contributed by atoms with Gasteiger partial charge in [0, 0.05) is 17.7 Å². The molecule has 4 N–H and O–H groups in total. The molecule has 0 amide bonds. The predicted molar refractivity (Wildman–Crippen MR) is 114 cm³/mol. The highest BCUT2D eigenvalue weighted by molar-refractivity contribution is 7.91. The summed E-state index contributed by atoms with van der Waals surface area (Å²) in [7, 11) is -3.81. The molecule has 0 radical (unpaired) electrons. The molecule has 3 rings (SSSR count). The number of aryl methyl sites for hydroxylation is 2. The van der Waals surface area contributed by atoms with Gasteiger partial charge in [0.1, 0.15) is 4.90 Å². The van der Waals surface area contributed by atoms with Crippen molar-refractivity contribution in [3.8, 4) is 17.4 Å². The van der Waals surface area contributed by atoms with Crippen molar-refractivity contribution in [2.45, 2.75) is 62.9 Å². The number of hydrogen-bond acceptors (Lipinski definition) is 6. The van der Waals surface area contributed by atoms with Crippen molar-refractivity contribution in [3.63, 3.8) is 0 Å². The summed E-state index contributed by atoms with van der Waals surface area (Å²) < 4.78 is 29.9. The van der Waals surface area contributed by atoms with Crippen LogP contribution in [-0.2, 0) is 29.2 Å². The van der Waals surface area contributed by atoms with E-state index in [0.29, 0.717) is 42.0 Å². The van der Waals surface area contributed by atoms with Gasteiger partial charge in [-0.25, -0.2) is 8.42 Å². The monoisotopic (exact) mass is 432 g/mol. The molecule has 0 aliphatic rings. The molecule has 0 bridgehead atoms. The Labute approximate surface area is 176 Å². The van der Waals surface area contributed by atoms with E-state index in [2.05, 4.69) is 5.10 Å². The Morgan fingerprint density at radius 3 is 2.23 bits per heavy atom. The molecule has 0 aliphatic carbocycles. The Kier molecular flexibility index (Phi) is 5.96. The van der Waals surface area contributed by atoms with Crippen molar-refractivity contribution in [3.05, 3.63) is 47.3 Å². The van der Waals surface area contributed by atoms with Crippen LogP contribution in [0, 0.1) is 6.92 Å². The van der Waals surface area contributed by atoms with Gasteiger partial charge in [0.2, 0.25) is 15.7 Å². The normalized spacial score (nSPS) is 13.0. The second kappa shape index (κ2) is 8.16. The highest BCUT2D eigenvalue weighted by Gasteiger charge is 2.29. The molecule has 0 spiro atoms. The Morgan fingerprint density at radius 2 is 1.77 bits per heavy atom. The van der Waals surface area contributed by atoms with Gasteiger partial charge in [0.05, 0.1) is 28.5 Å². The van der Waals surface area contributed by atoms with Crippen LogP contribution in [0.4, 0.5) is 0 Å². The van der Waals surface area contributed by atoms with E-state index in [1.165, 1.54) is 22.8 Å². The van der Waals surface area contributed by atoms with E-state index >= 15 is 0 Å². The number of nitrogens with zero attached hydrogens (tertiary/aromatic N) is 3. The van der Waals surface area contributed by atoms with E-state index in [1.807, 2.05) is 20.8 Å². The Hall–Kier alpha value is -2.78. The van der Waals surface area contributed by atoms with Gasteiger partial charge in [0.15, 0.2) is 5.88 Å². The van der Waals surface area contributed by atoms with Crippen molar-refractivity contribution in [1.82, 2.24) is 14.3 Å². The number of rotatable bonds is 7. The van der Waals surface area contributed by atoms with Crippen LogP contribution in [0.3, 0.4) is 0 Å². The molecule has 30 heavy (non-hydrogen) atoms. The number of aromatic hydroxyl groups is 2. The third-order valence-electron chi connectivity index (χ3n) is 5.02. The number of hydrogen-bond donors (Lipinski definition) is 3. The van der Waals surface area contributed by atoms with Gasteiger partial charge in [-0.2, -0.15) is 5.10 Å². The van der Waals surface area contributed by atoms with Gasteiger partial charge in [-0.1, -0.05) is 13.8 Å². The van der Waals surface area contributed by atoms with Crippen LogP contribution in [0.1, 0.15) is 37.7 Å². The third-order valence-corrected chi connectivity index (χ3v) is 6.92. The van der Waals surface area contributed by atoms with E-state index in [0.717, 1.165) is 0 Å². The van der Waals surface area contributed by atoms with Crippen LogP contribution >= 0.6 is 0 Å². The minimum Gasteiger partial charge on any atom is -0.494 e. The molecule has 1 aromatic carbocycles. The lowest BCUT2D eigenvalue weighted by Crippen LogP contribution is -2.24. The van der Waals surface area contributed by atoms with Gasteiger partial charge in [-0.15, -0.1) is 0 Å². The van der Waals surface area contributed by atoms with Crippen LogP contribution in [0.25, 0.3) is 5.69 Å². The number of benzene rings is 1. The second-order valence-electron chi connectivity index (χ2n) is 7.43. The van der Waals surface area contributed by atoms with E-state index < -0.39 is 9.84 Å². The predicted octanol–water partition coefficient (Wildman–Crippen LogP) is 2.70. The molecule has 162 valence electrons. The summed E-state index contributed by atoms with van der Waals surface area (Å²) >= 11 is 0. The van der Waals surface area contributed by atoms with Gasteiger partial charge in [-0.3, -0.25) is 9.25 Å². The molecular formula is C21H28N4O4S. The highest BCUT2D eigenvalue weighted by Crippen LogP contribution is 2.33. The zero-order valence-electron chi connectivity index (χ0n) is 17.6. The average Bonchev–Trinajstić information content (AvgIpc) is 3.17. The zero-order chi connectivity index (χ0) is 22.2. The molecular weight excluding hydrogens is 404 g/mol. The lowest BCUT2D eigenvalue weighted by molar-refractivity contribution is 0.401. The molecule has 8 nitrogen and oxygen atoms in total. The minimum atomic E-state index is -3.81. The molecule has 0 saturated heterocycles. The van der Waals surface area contributed by atoms with Gasteiger partial charge in [0.25, 0.3) is 0 Å². The summed E-state index contributed by atoms with van der Waals surface area (Å²) in [5.41, 5.74) is 8.05. The van der Waals surface area contributed by atoms with E-state index in [-0.39, 0.29) is 27.6 Å². The first-order valence-electron chi connectivity index (χ1n) is 9.91. The maximum Gasteiger partial charge on any atom is 0.210 e. The standard InChI is InChI=1S/C21H28N4O4S/c1-5-17-20(18(6-2)24(23-17)12-14(4)22)30(28,29)16-9-7-15(8-10-16)25-19(26)11-13(3)21(25)27/h7-11,14,26-27H,5-6,12,22H2,1-4H3/t14-/m1/s1. The van der Waals surface area contributed by atoms with Crippen molar-refractivity contribution in [2.75, 3.05) is 0 Å². The number of aromatic nitrogens is 3. The number of sulfone groups is 1. The molecule has 3 aromatic rings. The molecule has 0 unspecified atom stereocenters. The first kappa shape index (κ1) is 21.9. The maximum atomic E-state index is 13.5. The topological polar surface area (TPSA) is 123 Å². The molecule has 1 atom stereocenters. The molecule has 0 saturated carbocycles. The first-order chi connectivity index (χ1) is 14.1. The first-order valence-corrected chi connectivity index (χ1v) is 11.4. The number of nitrogens with two attached hydrogens (primary N) is 1. The van der Waals surface area contributed by atoms with Crippen molar-refractivity contribution >= 4 is 9.84 Å². The Balaban J connectivity index is 2.09. The van der Waals surface area contributed by atoms with Gasteiger partial charge >= 0.3 is 0 Å². The molecule has 9 heteroatoms. The van der Waals surface area contributed by atoms with Crippen LogP contribution in [0.15, 0.2) is 40.1 Å². The third kappa shape index (κ3) is 3.70. The second-order valence-corrected chi connectivity index (χ2v) is 9.32. The van der Waals surface area contributed by atoms with E-state index in [1.54, 1.807) is 23.7 Å². The van der Waals surface area contributed by atoms with Crippen LogP contribution in [0.5, 0.6) is 11.8 Å². The summed E-state index contributed by atoms with van der Waals surface area (Å²) in [4.78, 5) is 0.363. The lowest BCUT2D eigenvalue weighted by atomic mass is 10.2. The van der Waals surface area contributed by atoms with E-state index in [4.69, 9.17) is 5.73 Å². The van der Waals surface area contributed by atoms with Crippen molar-refractivity contribution in [2.24, 2.45) is 5.73 Å². The minimum absolute atomic E-state index is 0.0955. The smallest absolute Gasteiger partial charge is 0.210 e. The molecule has 2 aromatic heterocycles. The van der Waals surface area contributed by atoms with Gasteiger partial charge in [-0.05, 0) is 51.0 Å². The fourth-order valence-corrected chi connectivity index (χ4v) is 5.38. The lowest BCUT2D eigenvalue weighted by Gasteiger charge is -2.12. The van der Waals surface area contributed by atoms with Crippen molar-refractivity contribution < 1.29 is 18.6 Å². The molecule has 0 fully saturated rings. The maximum absolute atomic E-state index is 13.5. The Bertz CT molecular complexity index is 1160.